The molecule has 0 bridgehead atoms. The summed E-state index contributed by atoms with van der Waals surface area (Å²) in [6, 6.07) is 65.8. The minimum absolute atomic E-state index is 0.0154. The normalized spacial score (nSPS) is 12.8. The van der Waals surface area contributed by atoms with E-state index in [1.165, 1.54) is 55.3 Å². The molecule has 0 aliphatic carbocycles. The quantitative estimate of drug-likeness (QED) is 0.174. The van der Waals surface area contributed by atoms with Crippen LogP contribution in [-0.2, 0) is 0 Å². The minimum atomic E-state index is 0.0154. The van der Waals surface area contributed by atoms with Gasteiger partial charge in [-0.2, -0.15) is 0 Å². The highest BCUT2D eigenvalue weighted by Gasteiger charge is 2.44. The number of furan rings is 1. The predicted molar refractivity (Wildman–Crippen MR) is 222 cm³/mol. The Morgan fingerprint density at radius 3 is 1.89 bits per heavy atom. The Morgan fingerprint density at radius 1 is 0.453 bits per heavy atom. The second kappa shape index (κ2) is 10.8. The molecule has 0 spiro atoms. The highest BCUT2D eigenvalue weighted by Crippen LogP contribution is 2.49. The third-order valence-corrected chi connectivity index (χ3v) is 11.3. The Morgan fingerprint density at radius 2 is 1.09 bits per heavy atom. The van der Waals surface area contributed by atoms with Crippen LogP contribution < -0.4 is 26.2 Å². The van der Waals surface area contributed by atoms with E-state index in [1.54, 1.807) is 0 Å². The van der Waals surface area contributed by atoms with Gasteiger partial charge >= 0.3 is 0 Å². The van der Waals surface area contributed by atoms with E-state index in [1.807, 2.05) is 0 Å². The molecule has 246 valence electrons. The summed E-state index contributed by atoms with van der Waals surface area (Å²) in [6.45, 7) is 0.0154. The number of nitrogens with zero attached hydrogens (tertiary/aromatic N) is 3. The molecule has 2 aliphatic rings. The van der Waals surface area contributed by atoms with Crippen LogP contribution in [0.3, 0.4) is 0 Å². The molecule has 5 heteroatoms. The average Bonchev–Trinajstić information content (AvgIpc) is 3.77. The summed E-state index contributed by atoms with van der Waals surface area (Å²) in [4.78, 5) is 4.92. The van der Waals surface area contributed by atoms with Gasteiger partial charge in [-0.1, -0.05) is 109 Å². The molecule has 0 N–H and O–H groups in total. The standard InChI is InChI=1S/C48H30BN3O/c1-4-15-31(16-5-1)50(32-17-6-2-7-18-32)41-29-28-40-45-48(41)51(33-19-8-3-9-20-33)39-25-12-11-23-37(39)49(45)38-24-14-22-34-35-27-30-43-44(47(35)52(40)46(34)38)36-21-10-13-26-42(36)53-43/h1-30H. The Hall–Kier alpha value is -6.98. The summed E-state index contributed by atoms with van der Waals surface area (Å²) >= 11 is 0. The molecule has 0 radical (unpaired) electrons. The monoisotopic (exact) mass is 675 g/mol. The highest BCUT2D eigenvalue weighted by atomic mass is 16.3. The van der Waals surface area contributed by atoms with Crippen molar-refractivity contribution in [2.24, 2.45) is 0 Å². The van der Waals surface area contributed by atoms with E-state index in [0.717, 1.165) is 44.7 Å². The zero-order chi connectivity index (χ0) is 34.6. The van der Waals surface area contributed by atoms with Crippen molar-refractivity contribution in [2.75, 3.05) is 9.80 Å². The maximum atomic E-state index is 6.51. The average molecular weight is 676 g/mol. The largest absolute Gasteiger partial charge is 0.456 e. The first-order valence-electron chi connectivity index (χ1n) is 18.2. The number of rotatable bonds is 4. The van der Waals surface area contributed by atoms with Crippen molar-refractivity contribution in [3.63, 3.8) is 0 Å². The fraction of sp³-hybridized carbons (Fsp3) is 0. The van der Waals surface area contributed by atoms with Crippen molar-refractivity contribution in [3.8, 4) is 5.69 Å². The van der Waals surface area contributed by atoms with Crippen LogP contribution in [0.1, 0.15) is 0 Å². The molecular formula is C48H30BN3O. The van der Waals surface area contributed by atoms with E-state index in [4.69, 9.17) is 4.42 Å². The summed E-state index contributed by atoms with van der Waals surface area (Å²) in [5, 5.41) is 4.79. The van der Waals surface area contributed by atoms with E-state index in [9.17, 15) is 0 Å². The van der Waals surface area contributed by atoms with Crippen molar-refractivity contribution >= 4 is 101 Å². The van der Waals surface area contributed by atoms with Crippen LogP contribution in [0.2, 0.25) is 0 Å². The van der Waals surface area contributed by atoms with Gasteiger partial charge in [0, 0.05) is 50.1 Å². The second-order valence-electron chi connectivity index (χ2n) is 14.0. The molecule has 0 atom stereocenters. The summed E-state index contributed by atoms with van der Waals surface area (Å²) in [5.41, 5.74) is 16.2. The molecular weight excluding hydrogens is 645 g/mol. The fourth-order valence-electron chi connectivity index (χ4n) is 9.30. The zero-order valence-corrected chi connectivity index (χ0v) is 28.6. The fourth-order valence-corrected chi connectivity index (χ4v) is 9.30. The van der Waals surface area contributed by atoms with Crippen molar-refractivity contribution < 1.29 is 4.42 Å². The van der Waals surface area contributed by atoms with Crippen molar-refractivity contribution in [1.29, 1.82) is 0 Å². The third kappa shape index (κ3) is 3.86. The summed E-state index contributed by atoms with van der Waals surface area (Å²) in [5.74, 6) is 0. The van der Waals surface area contributed by atoms with Crippen LogP contribution >= 0.6 is 0 Å². The number of hydrogen-bond acceptors (Lipinski definition) is 3. The Kier molecular flexibility index (Phi) is 5.83. The molecule has 0 saturated carbocycles. The SMILES string of the molecule is c1ccc(N(c2ccccc2)c2ccc3c4c2N(c2ccccc2)c2ccccc2B4c2cccc4c5ccc6oc7ccccc7c6c5n-3c24)cc1. The molecule has 53 heavy (non-hydrogen) atoms. The molecule has 0 amide bonds. The van der Waals surface area contributed by atoms with E-state index in [0.29, 0.717) is 0 Å². The van der Waals surface area contributed by atoms with Gasteiger partial charge in [-0.3, -0.25) is 0 Å². The molecule has 0 saturated heterocycles. The van der Waals surface area contributed by atoms with Gasteiger partial charge in [0.2, 0.25) is 0 Å². The number of para-hydroxylation sites is 6. The van der Waals surface area contributed by atoms with Crippen LogP contribution in [0.25, 0.3) is 49.4 Å². The van der Waals surface area contributed by atoms with Gasteiger partial charge in [-0.05, 0) is 89.2 Å². The molecule has 2 aromatic heterocycles. The first kappa shape index (κ1) is 28.7. The lowest BCUT2D eigenvalue weighted by molar-refractivity contribution is 0.669. The van der Waals surface area contributed by atoms with E-state index >= 15 is 0 Å². The second-order valence-corrected chi connectivity index (χ2v) is 14.0. The van der Waals surface area contributed by atoms with Gasteiger partial charge in [0.05, 0.1) is 22.3 Å². The van der Waals surface area contributed by atoms with Crippen LogP contribution in [0.15, 0.2) is 186 Å². The van der Waals surface area contributed by atoms with E-state index < -0.39 is 0 Å². The third-order valence-electron chi connectivity index (χ3n) is 11.3. The number of aromatic nitrogens is 1. The highest BCUT2D eigenvalue weighted by molar-refractivity contribution is 7.00. The smallest absolute Gasteiger partial charge is 0.252 e. The number of fused-ring (bicyclic) bond motifs is 11. The lowest BCUT2D eigenvalue weighted by atomic mass is 9.33. The first-order valence-corrected chi connectivity index (χ1v) is 18.2. The molecule has 4 heterocycles. The molecule has 0 fully saturated rings. The van der Waals surface area contributed by atoms with Crippen molar-refractivity contribution in [3.05, 3.63) is 182 Å². The lowest BCUT2D eigenvalue weighted by Crippen LogP contribution is -2.60. The minimum Gasteiger partial charge on any atom is -0.456 e. The first-order chi connectivity index (χ1) is 26.3. The van der Waals surface area contributed by atoms with Crippen molar-refractivity contribution in [1.82, 2.24) is 4.57 Å². The zero-order valence-electron chi connectivity index (χ0n) is 28.6. The number of hydrogen-bond donors (Lipinski definition) is 0. The summed E-state index contributed by atoms with van der Waals surface area (Å²) < 4.78 is 9.06. The van der Waals surface area contributed by atoms with Gasteiger partial charge < -0.3 is 18.8 Å². The van der Waals surface area contributed by atoms with Gasteiger partial charge in [0.1, 0.15) is 11.2 Å². The Labute approximate surface area is 306 Å². The summed E-state index contributed by atoms with van der Waals surface area (Å²) in [6.07, 6.45) is 0. The predicted octanol–water partition coefficient (Wildman–Crippen LogP) is 10.8. The molecule has 12 rings (SSSR count). The number of benzene rings is 8. The Bertz CT molecular complexity index is 3040. The van der Waals surface area contributed by atoms with Crippen LogP contribution in [-0.4, -0.2) is 11.3 Å². The van der Waals surface area contributed by atoms with Crippen LogP contribution in [0, 0.1) is 0 Å². The van der Waals surface area contributed by atoms with Crippen LogP contribution in [0.4, 0.5) is 34.1 Å². The van der Waals surface area contributed by atoms with Crippen molar-refractivity contribution in [2.45, 2.75) is 0 Å². The van der Waals surface area contributed by atoms with Gasteiger partial charge in [-0.15, -0.1) is 0 Å². The van der Waals surface area contributed by atoms with E-state index in [-0.39, 0.29) is 6.71 Å². The van der Waals surface area contributed by atoms with Gasteiger partial charge in [-0.25, -0.2) is 0 Å². The van der Waals surface area contributed by atoms with Crippen LogP contribution in [0.5, 0.6) is 0 Å². The molecule has 8 aromatic carbocycles. The molecule has 2 aliphatic heterocycles. The topological polar surface area (TPSA) is 24.6 Å². The Balaban J connectivity index is 1.29. The van der Waals surface area contributed by atoms with E-state index in [2.05, 4.69) is 196 Å². The van der Waals surface area contributed by atoms with Gasteiger partial charge in [0.15, 0.2) is 0 Å². The maximum absolute atomic E-state index is 6.51. The van der Waals surface area contributed by atoms with Gasteiger partial charge in [0.25, 0.3) is 6.71 Å². The molecule has 4 nitrogen and oxygen atoms in total. The summed E-state index contributed by atoms with van der Waals surface area (Å²) in [7, 11) is 0. The molecule has 0 unspecified atom stereocenters. The maximum Gasteiger partial charge on any atom is 0.252 e. The molecule has 10 aromatic rings. The number of anilines is 6. The lowest BCUT2D eigenvalue weighted by Gasteiger charge is -2.43.